The van der Waals surface area contributed by atoms with Gasteiger partial charge in [-0.25, -0.2) is 0 Å². The molecule has 72 valence electrons. The Bertz CT molecular complexity index is 261. The maximum atomic E-state index is 3.48. The van der Waals surface area contributed by atoms with Gasteiger partial charge >= 0.3 is 0 Å². The molecule has 0 amide bonds. The van der Waals surface area contributed by atoms with Crippen LogP contribution in [0.4, 0.5) is 0 Å². The topological polar surface area (TPSA) is 12.0 Å². The van der Waals surface area contributed by atoms with E-state index in [1.165, 1.54) is 32.4 Å². The quantitative estimate of drug-likeness (QED) is 0.765. The fourth-order valence-corrected chi connectivity index (χ4v) is 3.21. The molecule has 1 N–H and O–H groups in total. The molecule has 1 fully saturated rings. The Morgan fingerprint density at radius 2 is 2.54 bits per heavy atom. The lowest BCUT2D eigenvalue weighted by molar-refractivity contribution is 0.464. The lowest BCUT2D eigenvalue weighted by Gasteiger charge is -2.22. The van der Waals surface area contributed by atoms with E-state index in [9.17, 15) is 0 Å². The molecule has 1 aliphatic rings. The van der Waals surface area contributed by atoms with Crippen LogP contribution in [0.1, 0.15) is 36.1 Å². The Balaban J connectivity index is 2.13. The molecule has 1 nitrogen and oxygen atoms in total. The van der Waals surface area contributed by atoms with E-state index in [4.69, 9.17) is 0 Å². The summed E-state index contributed by atoms with van der Waals surface area (Å²) in [6.45, 7) is 4.65. The van der Waals surface area contributed by atoms with Crippen molar-refractivity contribution >= 4 is 11.3 Å². The predicted molar refractivity (Wildman–Crippen MR) is 58.5 cm³/mol. The van der Waals surface area contributed by atoms with E-state index in [1.807, 2.05) is 11.3 Å². The first kappa shape index (κ1) is 9.22. The van der Waals surface area contributed by atoms with Crippen molar-refractivity contribution in [2.24, 2.45) is 0 Å². The Morgan fingerprint density at radius 3 is 3.23 bits per heavy atom. The SMILES string of the molecule is CCc1ccsc1C1CCCNC1. The second-order valence-corrected chi connectivity index (χ2v) is 4.65. The number of rotatable bonds is 2. The highest BCUT2D eigenvalue weighted by molar-refractivity contribution is 7.10. The molecule has 2 rings (SSSR count). The number of hydrogen-bond acceptors (Lipinski definition) is 2. The first-order valence-electron chi connectivity index (χ1n) is 5.18. The van der Waals surface area contributed by atoms with Crippen molar-refractivity contribution in [3.63, 3.8) is 0 Å². The highest BCUT2D eigenvalue weighted by atomic mass is 32.1. The van der Waals surface area contributed by atoms with Gasteiger partial charge in [-0.3, -0.25) is 0 Å². The van der Waals surface area contributed by atoms with Crippen molar-refractivity contribution in [1.29, 1.82) is 0 Å². The minimum atomic E-state index is 0.795. The summed E-state index contributed by atoms with van der Waals surface area (Å²) in [4.78, 5) is 1.63. The van der Waals surface area contributed by atoms with Crippen molar-refractivity contribution in [2.45, 2.75) is 32.1 Å². The molecule has 1 unspecified atom stereocenters. The molecule has 2 heteroatoms. The van der Waals surface area contributed by atoms with Gasteiger partial charge in [0.2, 0.25) is 0 Å². The Labute approximate surface area is 84.2 Å². The first-order chi connectivity index (χ1) is 6.42. The maximum absolute atomic E-state index is 3.48. The van der Waals surface area contributed by atoms with E-state index in [2.05, 4.69) is 23.7 Å². The number of nitrogens with one attached hydrogen (secondary N) is 1. The van der Waals surface area contributed by atoms with Gasteiger partial charge in [0.1, 0.15) is 0 Å². The third-order valence-corrected chi connectivity index (χ3v) is 3.95. The van der Waals surface area contributed by atoms with Crippen LogP contribution in [-0.4, -0.2) is 13.1 Å². The standard InChI is InChI=1S/C11H17NS/c1-2-9-5-7-13-11(9)10-4-3-6-12-8-10/h5,7,10,12H,2-4,6,8H2,1H3. The summed E-state index contributed by atoms with van der Waals surface area (Å²) in [5.74, 6) is 0.795. The minimum absolute atomic E-state index is 0.795. The van der Waals surface area contributed by atoms with E-state index < -0.39 is 0 Å². The zero-order valence-electron chi connectivity index (χ0n) is 8.18. The van der Waals surface area contributed by atoms with E-state index in [0.29, 0.717) is 0 Å². The molecular weight excluding hydrogens is 178 g/mol. The summed E-state index contributed by atoms with van der Waals surface area (Å²) < 4.78 is 0. The molecule has 1 saturated heterocycles. The van der Waals surface area contributed by atoms with Crippen LogP contribution >= 0.6 is 11.3 Å². The fourth-order valence-electron chi connectivity index (χ4n) is 2.07. The molecule has 13 heavy (non-hydrogen) atoms. The Morgan fingerprint density at radius 1 is 1.62 bits per heavy atom. The number of aryl methyl sites for hydroxylation is 1. The van der Waals surface area contributed by atoms with Crippen LogP contribution in [0.2, 0.25) is 0 Å². The van der Waals surface area contributed by atoms with Crippen LogP contribution < -0.4 is 5.32 Å². The zero-order chi connectivity index (χ0) is 9.10. The van der Waals surface area contributed by atoms with Gasteiger partial charge in [-0.1, -0.05) is 6.92 Å². The van der Waals surface area contributed by atoms with Gasteiger partial charge in [-0.15, -0.1) is 11.3 Å². The summed E-state index contributed by atoms with van der Waals surface area (Å²) in [5, 5.41) is 5.72. The van der Waals surface area contributed by atoms with Crippen molar-refractivity contribution in [1.82, 2.24) is 5.32 Å². The third kappa shape index (κ3) is 1.94. The van der Waals surface area contributed by atoms with E-state index in [0.717, 1.165) is 5.92 Å². The smallest absolute Gasteiger partial charge is 0.0121 e. The van der Waals surface area contributed by atoms with Crippen LogP contribution in [0, 0.1) is 0 Å². The van der Waals surface area contributed by atoms with Crippen molar-refractivity contribution < 1.29 is 0 Å². The molecule has 1 atom stereocenters. The summed E-state index contributed by atoms with van der Waals surface area (Å²) in [5.41, 5.74) is 1.57. The molecule has 1 aromatic heterocycles. The van der Waals surface area contributed by atoms with Crippen molar-refractivity contribution in [2.75, 3.05) is 13.1 Å². The lowest BCUT2D eigenvalue weighted by atomic mass is 9.95. The van der Waals surface area contributed by atoms with Crippen molar-refractivity contribution in [3.05, 3.63) is 21.9 Å². The average molecular weight is 195 g/mol. The van der Waals surface area contributed by atoms with Gasteiger partial charge in [0.05, 0.1) is 0 Å². The number of thiophene rings is 1. The van der Waals surface area contributed by atoms with Crippen LogP contribution in [0.25, 0.3) is 0 Å². The van der Waals surface area contributed by atoms with Crippen LogP contribution in [-0.2, 0) is 6.42 Å². The van der Waals surface area contributed by atoms with Gasteiger partial charge < -0.3 is 5.32 Å². The minimum Gasteiger partial charge on any atom is -0.316 e. The van der Waals surface area contributed by atoms with Crippen LogP contribution in [0.3, 0.4) is 0 Å². The second kappa shape index (κ2) is 4.25. The van der Waals surface area contributed by atoms with E-state index in [-0.39, 0.29) is 0 Å². The monoisotopic (exact) mass is 195 g/mol. The summed E-state index contributed by atoms with van der Waals surface area (Å²) >= 11 is 1.94. The molecule has 0 spiro atoms. The van der Waals surface area contributed by atoms with E-state index >= 15 is 0 Å². The predicted octanol–water partition coefficient (Wildman–Crippen LogP) is 2.78. The average Bonchev–Trinajstić information content (AvgIpc) is 2.67. The molecule has 0 radical (unpaired) electrons. The van der Waals surface area contributed by atoms with Gasteiger partial charge in [0, 0.05) is 17.3 Å². The summed E-state index contributed by atoms with van der Waals surface area (Å²) in [6, 6.07) is 2.29. The highest BCUT2D eigenvalue weighted by Gasteiger charge is 2.18. The Kier molecular flexibility index (Phi) is 3.01. The Hall–Kier alpha value is -0.340. The maximum Gasteiger partial charge on any atom is 0.0121 e. The fraction of sp³-hybridized carbons (Fsp3) is 0.636. The molecule has 0 saturated carbocycles. The lowest BCUT2D eigenvalue weighted by Crippen LogP contribution is -2.28. The van der Waals surface area contributed by atoms with Crippen molar-refractivity contribution in [3.8, 4) is 0 Å². The van der Waals surface area contributed by atoms with Gasteiger partial charge in [-0.05, 0) is 42.8 Å². The summed E-state index contributed by atoms with van der Waals surface area (Å²) in [7, 11) is 0. The largest absolute Gasteiger partial charge is 0.316 e. The van der Waals surface area contributed by atoms with E-state index in [1.54, 1.807) is 10.4 Å². The highest BCUT2D eigenvalue weighted by Crippen LogP contribution is 2.30. The molecule has 0 bridgehead atoms. The van der Waals surface area contributed by atoms with Crippen LogP contribution in [0.5, 0.6) is 0 Å². The molecule has 1 aliphatic heterocycles. The normalized spacial score (nSPS) is 23.3. The molecule has 2 heterocycles. The molecule has 0 aliphatic carbocycles. The number of piperidine rings is 1. The molecular formula is C11H17NS. The van der Waals surface area contributed by atoms with Gasteiger partial charge in [0.25, 0.3) is 0 Å². The van der Waals surface area contributed by atoms with Gasteiger partial charge in [0.15, 0.2) is 0 Å². The van der Waals surface area contributed by atoms with Gasteiger partial charge in [-0.2, -0.15) is 0 Å². The molecule has 0 aromatic carbocycles. The third-order valence-electron chi connectivity index (χ3n) is 2.83. The van der Waals surface area contributed by atoms with Crippen LogP contribution in [0.15, 0.2) is 11.4 Å². The molecule has 1 aromatic rings. The zero-order valence-corrected chi connectivity index (χ0v) is 8.99. The summed E-state index contributed by atoms with van der Waals surface area (Å²) in [6.07, 6.45) is 3.90. The second-order valence-electron chi connectivity index (χ2n) is 3.71. The number of hydrogen-bond donors (Lipinski definition) is 1. The first-order valence-corrected chi connectivity index (χ1v) is 6.06.